The van der Waals surface area contributed by atoms with Crippen molar-refractivity contribution >= 4 is 18.5 Å². The lowest BCUT2D eigenvalue weighted by Gasteiger charge is -2.16. The fraction of sp³-hybridized carbons (Fsp3) is 0.308. The Labute approximate surface area is 102 Å². The number of allylic oxidation sites excluding steroid dienone is 1. The Kier molecular flexibility index (Phi) is 5.12. The summed E-state index contributed by atoms with van der Waals surface area (Å²) < 4.78 is 0. The topological polar surface area (TPSA) is 20.3 Å². The van der Waals surface area contributed by atoms with Gasteiger partial charge in [-0.1, -0.05) is 12.1 Å². The molecule has 1 rings (SSSR count). The van der Waals surface area contributed by atoms with Crippen LogP contribution >= 0.6 is 12.6 Å². The minimum absolute atomic E-state index is 0.0416. The Morgan fingerprint density at radius 2 is 2.31 bits per heavy atom. The molecule has 0 atom stereocenters. The third-order valence-electron chi connectivity index (χ3n) is 2.34. The zero-order valence-corrected chi connectivity index (χ0v) is 10.4. The minimum atomic E-state index is 0.0416. The van der Waals surface area contributed by atoms with Gasteiger partial charge in [0.25, 0.3) is 5.91 Å². The molecule has 3 heteroatoms. The lowest BCUT2D eigenvalue weighted by Crippen LogP contribution is -2.27. The number of thiol groups is 1. The van der Waals surface area contributed by atoms with Gasteiger partial charge in [0, 0.05) is 24.1 Å². The average Bonchev–Trinajstić information content (AvgIpc) is 2.28. The van der Waals surface area contributed by atoms with E-state index in [4.69, 9.17) is 0 Å². The molecule has 0 spiro atoms. The summed E-state index contributed by atoms with van der Waals surface area (Å²) in [5, 5.41) is 0. The van der Waals surface area contributed by atoms with Crippen LogP contribution in [-0.2, 0) is 0 Å². The number of carbonyl (C=O) groups is 1. The Hall–Kier alpha value is -1.22. The summed E-state index contributed by atoms with van der Waals surface area (Å²) in [5.74, 6) is 0.0416. The van der Waals surface area contributed by atoms with Gasteiger partial charge >= 0.3 is 0 Å². The SMILES string of the molecule is C=CCCCN(C)C(=O)c1cccc(S)c1. The highest BCUT2D eigenvalue weighted by atomic mass is 32.1. The van der Waals surface area contributed by atoms with E-state index in [1.54, 1.807) is 11.0 Å². The summed E-state index contributed by atoms with van der Waals surface area (Å²) in [5.41, 5.74) is 0.689. The predicted molar refractivity (Wildman–Crippen MR) is 70.1 cm³/mol. The van der Waals surface area contributed by atoms with Gasteiger partial charge in [-0.15, -0.1) is 19.2 Å². The molecule has 0 heterocycles. The number of benzene rings is 1. The highest BCUT2D eigenvalue weighted by Crippen LogP contribution is 2.11. The third kappa shape index (κ3) is 3.74. The largest absolute Gasteiger partial charge is 0.342 e. The summed E-state index contributed by atoms with van der Waals surface area (Å²) in [4.78, 5) is 14.5. The van der Waals surface area contributed by atoms with Crippen LogP contribution in [0.1, 0.15) is 23.2 Å². The molecule has 1 aromatic carbocycles. The van der Waals surface area contributed by atoms with Crippen LogP contribution in [0.3, 0.4) is 0 Å². The van der Waals surface area contributed by atoms with Gasteiger partial charge in [-0.3, -0.25) is 4.79 Å². The molecular formula is C13H17NOS. The number of carbonyl (C=O) groups excluding carboxylic acids is 1. The van der Waals surface area contributed by atoms with E-state index >= 15 is 0 Å². The molecule has 0 aromatic heterocycles. The van der Waals surface area contributed by atoms with Crippen molar-refractivity contribution in [2.75, 3.05) is 13.6 Å². The maximum Gasteiger partial charge on any atom is 0.253 e. The zero-order chi connectivity index (χ0) is 12.0. The van der Waals surface area contributed by atoms with E-state index in [9.17, 15) is 4.79 Å². The molecule has 86 valence electrons. The second-order valence-corrected chi connectivity index (χ2v) is 4.22. The molecule has 0 radical (unpaired) electrons. The van der Waals surface area contributed by atoms with Gasteiger partial charge in [0.1, 0.15) is 0 Å². The van der Waals surface area contributed by atoms with Crippen molar-refractivity contribution < 1.29 is 4.79 Å². The Balaban J connectivity index is 2.59. The highest BCUT2D eigenvalue weighted by Gasteiger charge is 2.10. The van der Waals surface area contributed by atoms with E-state index < -0.39 is 0 Å². The van der Waals surface area contributed by atoms with Gasteiger partial charge in [0.2, 0.25) is 0 Å². The molecule has 1 aromatic rings. The summed E-state index contributed by atoms with van der Waals surface area (Å²) in [7, 11) is 1.82. The Morgan fingerprint density at radius 1 is 1.56 bits per heavy atom. The first-order valence-corrected chi connectivity index (χ1v) is 5.75. The summed E-state index contributed by atoms with van der Waals surface area (Å²) >= 11 is 4.22. The number of unbranched alkanes of at least 4 members (excludes halogenated alkanes) is 1. The molecule has 0 unspecified atom stereocenters. The fourth-order valence-electron chi connectivity index (χ4n) is 1.43. The molecule has 0 aliphatic carbocycles. The van der Waals surface area contributed by atoms with Gasteiger partial charge in [-0.05, 0) is 31.0 Å². The van der Waals surface area contributed by atoms with E-state index in [1.807, 2.05) is 31.3 Å². The van der Waals surface area contributed by atoms with E-state index in [0.29, 0.717) is 5.56 Å². The second-order valence-electron chi connectivity index (χ2n) is 3.71. The van der Waals surface area contributed by atoms with Crippen LogP contribution in [0.15, 0.2) is 41.8 Å². The van der Waals surface area contributed by atoms with Crippen LogP contribution < -0.4 is 0 Å². The van der Waals surface area contributed by atoms with Crippen LogP contribution in [0, 0.1) is 0 Å². The summed E-state index contributed by atoms with van der Waals surface area (Å²) in [6.07, 6.45) is 3.75. The molecule has 0 N–H and O–H groups in total. The maximum absolute atomic E-state index is 12.0. The molecule has 0 bridgehead atoms. The number of hydrogen-bond acceptors (Lipinski definition) is 2. The maximum atomic E-state index is 12.0. The molecule has 2 nitrogen and oxygen atoms in total. The van der Waals surface area contributed by atoms with E-state index in [1.165, 1.54) is 0 Å². The van der Waals surface area contributed by atoms with E-state index in [2.05, 4.69) is 19.2 Å². The zero-order valence-electron chi connectivity index (χ0n) is 9.52. The molecule has 0 saturated carbocycles. The van der Waals surface area contributed by atoms with Gasteiger partial charge < -0.3 is 4.90 Å². The predicted octanol–water partition coefficient (Wildman–Crippen LogP) is 3.01. The molecule has 0 aliphatic heterocycles. The first kappa shape index (κ1) is 12.8. The van der Waals surface area contributed by atoms with Crippen molar-refractivity contribution in [2.24, 2.45) is 0 Å². The molecule has 0 fully saturated rings. The molecule has 1 amide bonds. The van der Waals surface area contributed by atoms with Crippen LogP contribution in [0.5, 0.6) is 0 Å². The van der Waals surface area contributed by atoms with Crippen molar-refractivity contribution in [3.63, 3.8) is 0 Å². The number of nitrogens with zero attached hydrogens (tertiary/aromatic N) is 1. The molecule has 0 saturated heterocycles. The lowest BCUT2D eigenvalue weighted by molar-refractivity contribution is 0.0793. The van der Waals surface area contributed by atoms with Crippen molar-refractivity contribution in [2.45, 2.75) is 17.7 Å². The monoisotopic (exact) mass is 235 g/mol. The standard InChI is InChI=1S/C13H17NOS/c1-3-4-5-9-14(2)13(15)11-7-6-8-12(16)10-11/h3,6-8,10,16H,1,4-5,9H2,2H3. The minimum Gasteiger partial charge on any atom is -0.342 e. The Bertz CT molecular complexity index is 376. The first-order valence-electron chi connectivity index (χ1n) is 5.30. The van der Waals surface area contributed by atoms with Crippen LogP contribution in [0.25, 0.3) is 0 Å². The van der Waals surface area contributed by atoms with Gasteiger partial charge in [0.15, 0.2) is 0 Å². The average molecular weight is 235 g/mol. The van der Waals surface area contributed by atoms with E-state index in [0.717, 1.165) is 24.3 Å². The number of rotatable bonds is 5. The smallest absolute Gasteiger partial charge is 0.253 e. The van der Waals surface area contributed by atoms with Crippen molar-refractivity contribution in [3.8, 4) is 0 Å². The van der Waals surface area contributed by atoms with Crippen molar-refractivity contribution in [1.82, 2.24) is 4.90 Å². The van der Waals surface area contributed by atoms with Crippen molar-refractivity contribution in [1.29, 1.82) is 0 Å². The van der Waals surface area contributed by atoms with Crippen LogP contribution in [0.4, 0.5) is 0 Å². The Morgan fingerprint density at radius 3 is 2.94 bits per heavy atom. The second kappa shape index (κ2) is 6.38. The van der Waals surface area contributed by atoms with E-state index in [-0.39, 0.29) is 5.91 Å². The molecule has 16 heavy (non-hydrogen) atoms. The normalized spacial score (nSPS) is 9.88. The highest BCUT2D eigenvalue weighted by molar-refractivity contribution is 7.80. The van der Waals surface area contributed by atoms with Gasteiger partial charge in [-0.2, -0.15) is 0 Å². The van der Waals surface area contributed by atoms with Gasteiger partial charge in [0.05, 0.1) is 0 Å². The summed E-state index contributed by atoms with van der Waals surface area (Å²) in [6, 6.07) is 7.30. The molecule has 0 aliphatic rings. The first-order chi connectivity index (χ1) is 7.65. The lowest BCUT2D eigenvalue weighted by atomic mass is 10.2. The summed E-state index contributed by atoms with van der Waals surface area (Å²) in [6.45, 7) is 4.41. The number of hydrogen-bond donors (Lipinski definition) is 1. The molecular weight excluding hydrogens is 218 g/mol. The van der Waals surface area contributed by atoms with Crippen molar-refractivity contribution in [3.05, 3.63) is 42.5 Å². The van der Waals surface area contributed by atoms with Gasteiger partial charge in [-0.25, -0.2) is 0 Å². The quantitative estimate of drug-likeness (QED) is 0.472. The number of amides is 1. The van der Waals surface area contributed by atoms with Crippen LogP contribution in [-0.4, -0.2) is 24.4 Å². The fourth-order valence-corrected chi connectivity index (χ4v) is 1.66. The van der Waals surface area contributed by atoms with Crippen LogP contribution in [0.2, 0.25) is 0 Å². The third-order valence-corrected chi connectivity index (χ3v) is 2.62.